The molecular formula is C51H45N4OPt-3. The molecule has 0 saturated carbocycles. The third-order valence-corrected chi connectivity index (χ3v) is 10.5. The van der Waals surface area contributed by atoms with Crippen molar-refractivity contribution in [3.05, 3.63) is 175 Å². The Labute approximate surface area is 355 Å². The van der Waals surface area contributed by atoms with Crippen molar-refractivity contribution in [3.8, 4) is 28.4 Å². The number of hydrogen-bond donors (Lipinski definition) is 0. The summed E-state index contributed by atoms with van der Waals surface area (Å²) in [6.45, 7) is 13.3. The topological polar surface area (TPSA) is 33.5 Å². The number of rotatable bonds is 6. The molecule has 5 nitrogen and oxygen atoms in total. The molecule has 288 valence electrons. The summed E-state index contributed by atoms with van der Waals surface area (Å²) in [5, 5.41) is 1.94. The van der Waals surface area contributed by atoms with Gasteiger partial charge in [0.25, 0.3) is 0 Å². The largest absolute Gasteiger partial charge is 0.509 e. The van der Waals surface area contributed by atoms with Gasteiger partial charge in [-0.2, -0.15) is 12.1 Å². The number of anilines is 4. The van der Waals surface area contributed by atoms with E-state index in [0.717, 1.165) is 55.7 Å². The Morgan fingerprint density at radius 1 is 0.632 bits per heavy atom. The number of benzene rings is 6. The number of fused-ring (bicyclic) bond motifs is 4. The van der Waals surface area contributed by atoms with Crippen molar-refractivity contribution >= 4 is 44.6 Å². The molecule has 57 heavy (non-hydrogen) atoms. The van der Waals surface area contributed by atoms with E-state index in [9.17, 15) is 0 Å². The van der Waals surface area contributed by atoms with E-state index in [1.54, 1.807) is 18.3 Å². The van der Waals surface area contributed by atoms with Gasteiger partial charge in [-0.1, -0.05) is 108 Å². The van der Waals surface area contributed by atoms with Gasteiger partial charge in [-0.25, -0.2) is 4.98 Å². The van der Waals surface area contributed by atoms with Gasteiger partial charge >= 0.3 is 0 Å². The Morgan fingerprint density at radius 3 is 2.19 bits per heavy atom. The van der Waals surface area contributed by atoms with Crippen molar-refractivity contribution in [2.24, 2.45) is 0 Å². The molecular weight excluding hydrogens is 880 g/mol. The molecule has 8 aromatic rings. The van der Waals surface area contributed by atoms with Crippen LogP contribution in [0.2, 0.25) is 0 Å². The molecule has 0 bridgehead atoms. The Morgan fingerprint density at radius 2 is 1.40 bits per heavy atom. The maximum atomic E-state index is 8.10. The quantitative estimate of drug-likeness (QED) is 0.156. The van der Waals surface area contributed by atoms with Crippen molar-refractivity contribution < 1.29 is 29.9 Å². The Kier molecular flexibility index (Phi) is 8.92. The third-order valence-electron chi connectivity index (χ3n) is 10.5. The first kappa shape index (κ1) is 34.6. The first-order valence-electron chi connectivity index (χ1n) is 20.5. The van der Waals surface area contributed by atoms with E-state index in [0.29, 0.717) is 17.3 Å². The van der Waals surface area contributed by atoms with Crippen molar-refractivity contribution in [1.29, 1.82) is 0 Å². The van der Waals surface area contributed by atoms with Crippen LogP contribution in [-0.2, 0) is 31.9 Å². The van der Waals surface area contributed by atoms with Gasteiger partial charge in [0.05, 0.1) is 0 Å². The second kappa shape index (κ2) is 14.7. The first-order chi connectivity index (χ1) is 28.1. The molecule has 0 N–H and O–H groups in total. The molecule has 0 radical (unpaired) electrons. The van der Waals surface area contributed by atoms with Crippen LogP contribution in [0.25, 0.3) is 38.8 Å². The summed E-state index contributed by atoms with van der Waals surface area (Å²) < 4.78 is 32.9. The summed E-state index contributed by atoms with van der Waals surface area (Å²) in [6, 6.07) is 52.2. The van der Waals surface area contributed by atoms with Crippen molar-refractivity contribution in [1.82, 2.24) is 9.55 Å². The monoisotopic (exact) mass is 927 g/mol. The average molecular weight is 928 g/mol. The van der Waals surface area contributed by atoms with Crippen LogP contribution in [0.3, 0.4) is 0 Å². The van der Waals surface area contributed by atoms with Crippen molar-refractivity contribution in [2.45, 2.75) is 59.2 Å². The predicted molar refractivity (Wildman–Crippen MR) is 232 cm³/mol. The van der Waals surface area contributed by atoms with Gasteiger partial charge in [-0.05, 0) is 93.3 Å². The fourth-order valence-corrected chi connectivity index (χ4v) is 7.47. The minimum atomic E-state index is -2.29. The second-order valence-corrected chi connectivity index (χ2v) is 16.5. The maximum Gasteiger partial charge on any atom is 0.135 e. The minimum Gasteiger partial charge on any atom is -0.509 e. The molecule has 1 aliphatic heterocycles. The molecule has 3 heterocycles. The number of hydrogen-bond acceptors (Lipinski definition) is 4. The van der Waals surface area contributed by atoms with Gasteiger partial charge < -0.3 is 19.1 Å². The third kappa shape index (κ3) is 7.26. The molecule has 1 aliphatic rings. The Hall–Kier alpha value is -5.64. The molecule has 9 rings (SSSR count). The summed E-state index contributed by atoms with van der Waals surface area (Å²) in [5.74, 6) is 1.51. The van der Waals surface area contributed by atoms with Crippen molar-refractivity contribution in [3.63, 3.8) is 0 Å². The van der Waals surface area contributed by atoms with Crippen LogP contribution < -0.4 is 14.5 Å². The summed E-state index contributed by atoms with van der Waals surface area (Å²) in [6.07, 6.45) is 1.55. The van der Waals surface area contributed by atoms with E-state index in [4.69, 9.17) is 8.85 Å². The molecule has 6 aromatic carbocycles. The standard InChI is InChI=1S/C51H45N4O.Pt/c1-34-25-26-52-49(27-34)55-45-23-19-36(35-13-9-8-10-14-35)28-44(45)43-22-21-42(32-47(43)55)56-41-18-12-17-40(31-41)54-33-53(39-16-11-15-37(29-39)50(2,3)4)46-24-20-38(30-48(46)54)51(5,6)7;/h8-30,33H,1-7H3;/q-3;/i1D3;. The number of aromatic nitrogens is 2. The maximum absolute atomic E-state index is 8.10. The summed E-state index contributed by atoms with van der Waals surface area (Å²) in [5.41, 5.74) is 10.5. The summed E-state index contributed by atoms with van der Waals surface area (Å²) in [4.78, 5) is 9.09. The van der Waals surface area contributed by atoms with Gasteiger partial charge in [0, 0.05) is 65.5 Å². The summed E-state index contributed by atoms with van der Waals surface area (Å²) >= 11 is 0. The molecule has 0 fully saturated rings. The summed E-state index contributed by atoms with van der Waals surface area (Å²) in [7, 11) is 0. The first-order valence-corrected chi connectivity index (χ1v) is 19.0. The van der Waals surface area contributed by atoms with E-state index in [-0.39, 0.29) is 37.5 Å². The zero-order valence-corrected chi connectivity index (χ0v) is 35.1. The van der Waals surface area contributed by atoms with Crippen LogP contribution in [0.1, 0.15) is 62.3 Å². The van der Waals surface area contributed by atoms with Crippen LogP contribution in [0.5, 0.6) is 11.5 Å². The number of nitrogens with zero attached hydrogens (tertiary/aromatic N) is 4. The Bertz CT molecular complexity index is 2870. The molecule has 0 unspecified atom stereocenters. The van der Waals surface area contributed by atoms with E-state index in [1.807, 2.05) is 53.1 Å². The number of aryl methyl sites for hydroxylation is 1. The van der Waals surface area contributed by atoms with E-state index < -0.39 is 6.85 Å². The van der Waals surface area contributed by atoms with Crippen LogP contribution in [0.4, 0.5) is 22.7 Å². The number of pyridine rings is 1. The zero-order valence-electron chi connectivity index (χ0n) is 35.9. The van der Waals surface area contributed by atoms with Gasteiger partial charge in [0.2, 0.25) is 0 Å². The molecule has 0 amide bonds. The average Bonchev–Trinajstić information content (AvgIpc) is 3.76. The van der Waals surface area contributed by atoms with Gasteiger partial charge in [0.15, 0.2) is 0 Å². The fourth-order valence-electron chi connectivity index (χ4n) is 7.47. The van der Waals surface area contributed by atoms with E-state index in [1.165, 1.54) is 11.1 Å². The van der Waals surface area contributed by atoms with Crippen LogP contribution >= 0.6 is 0 Å². The molecule has 0 saturated heterocycles. The molecule has 0 aliphatic carbocycles. The number of ether oxygens (including phenoxy) is 1. The second-order valence-electron chi connectivity index (χ2n) is 16.5. The van der Waals surface area contributed by atoms with Crippen LogP contribution in [0.15, 0.2) is 140 Å². The predicted octanol–water partition coefficient (Wildman–Crippen LogP) is 13.5. The van der Waals surface area contributed by atoms with Crippen molar-refractivity contribution in [2.75, 3.05) is 9.80 Å². The smallest absolute Gasteiger partial charge is 0.135 e. The van der Waals surface area contributed by atoms with Gasteiger partial charge in [-0.15, -0.1) is 48.1 Å². The zero-order chi connectivity index (χ0) is 41.3. The van der Waals surface area contributed by atoms with Crippen LogP contribution in [-0.4, -0.2) is 9.55 Å². The molecule has 0 atom stereocenters. The van der Waals surface area contributed by atoms with E-state index >= 15 is 0 Å². The molecule has 6 heteroatoms. The molecule has 2 aromatic heterocycles. The minimum absolute atomic E-state index is 0. The SMILES string of the molecule is [2H]C([2H])([2H])c1ccnc(-n2c3[c-]c(Oc4[c-]c(N5[CH-]N(c6cccc(C(C)(C)C)c6)c6ccc(C(C)(C)C)cc65)ccc4)ccc3c3cc(-c4ccccc4)ccc32)c1.[Pt]. The Balaban J connectivity index is 0.00000499. The molecule has 0 spiro atoms. The fraction of sp³-hybridized carbons (Fsp3) is 0.176. The van der Waals surface area contributed by atoms with Gasteiger partial charge in [0.1, 0.15) is 5.82 Å². The van der Waals surface area contributed by atoms with Gasteiger partial charge in [-0.3, -0.25) is 0 Å². The van der Waals surface area contributed by atoms with E-state index in [2.05, 4.69) is 148 Å². The normalized spacial score (nSPS) is 13.9. The van der Waals surface area contributed by atoms with Crippen LogP contribution in [0, 0.1) is 25.7 Å².